The summed E-state index contributed by atoms with van der Waals surface area (Å²) in [6.45, 7) is 0. The summed E-state index contributed by atoms with van der Waals surface area (Å²) in [4.78, 5) is 43.9. The van der Waals surface area contributed by atoms with E-state index in [1.807, 2.05) is 0 Å². The van der Waals surface area contributed by atoms with Crippen molar-refractivity contribution in [1.82, 2.24) is 0 Å². The van der Waals surface area contributed by atoms with E-state index in [9.17, 15) is 0 Å². The smallest absolute Gasteiger partial charge is 0.414 e. The molecule has 0 heterocycles. The van der Waals surface area contributed by atoms with Gasteiger partial charge in [0.15, 0.2) is 0 Å². The molecule has 0 rings (SSSR count). The summed E-state index contributed by atoms with van der Waals surface area (Å²) in [7, 11) is 0. The molecule has 1 radical (unpaired) electrons. The number of carboxylic acids is 4. The van der Waals surface area contributed by atoms with Crippen molar-refractivity contribution >= 4 is 23.9 Å². The number of hydrogen-bond donors (Lipinski definition) is 5. The molecule has 0 aliphatic carbocycles. The molecule has 0 fully saturated rings. The average Bonchev–Trinajstić information content (AvgIpc) is 2.08. The third-order valence-electron chi connectivity index (χ3n) is 0.366. The number of rotatable bonds is 0. The second-order valence-electron chi connectivity index (χ2n) is 1.22. The van der Waals surface area contributed by atoms with Crippen LogP contribution in [0.4, 0.5) is 0 Å². The summed E-state index contributed by atoms with van der Waals surface area (Å²) in [6.07, 6.45) is 0. The first kappa shape index (κ1) is 64.2. The van der Waals surface area contributed by atoms with E-state index in [4.69, 9.17) is 44.5 Å². The molecule has 0 aromatic heterocycles. The summed E-state index contributed by atoms with van der Waals surface area (Å²) in [6, 6.07) is 0. The Morgan fingerprint density at radius 2 is 0.550 bits per heavy atom. The molecule has 125 valence electrons. The van der Waals surface area contributed by atoms with Crippen LogP contribution in [0.5, 0.6) is 0 Å². The van der Waals surface area contributed by atoms with E-state index in [1.54, 1.807) is 0 Å². The first-order valence-corrected chi connectivity index (χ1v) is 2.42. The molecule has 0 aliphatic rings. The van der Waals surface area contributed by atoms with E-state index < -0.39 is 23.9 Å². The fourth-order valence-electron chi connectivity index (χ4n) is 0. The van der Waals surface area contributed by atoms with Gasteiger partial charge in [-0.3, -0.25) is 0 Å². The molecule has 0 aromatic carbocycles. The Labute approximate surface area is 124 Å². The quantitative estimate of drug-likeness (QED) is 0.148. The normalized spacial score (nSPS) is 4.60. The van der Waals surface area contributed by atoms with Crippen molar-refractivity contribution in [3.05, 3.63) is 4.91 Å². The van der Waals surface area contributed by atoms with Crippen molar-refractivity contribution in [3.8, 4) is 0 Å². The summed E-state index contributed by atoms with van der Waals surface area (Å²) in [5, 5.41) is 29.6. The molecule has 20 heavy (non-hydrogen) atoms. The zero-order valence-corrected chi connectivity index (χ0v) is 11.5. The fourth-order valence-corrected chi connectivity index (χ4v) is 0. The van der Waals surface area contributed by atoms with Crippen molar-refractivity contribution < 1.29 is 89.4 Å². The number of nitrogens with one attached hydrogen (secondary N) is 1. The van der Waals surface area contributed by atoms with Crippen LogP contribution in [-0.2, 0) is 41.6 Å². The molecule has 0 aliphatic heterocycles. The summed E-state index contributed by atoms with van der Waals surface area (Å²) >= 11 is 0. The van der Waals surface area contributed by atoms with Gasteiger partial charge >= 0.3 is 23.9 Å². The van der Waals surface area contributed by atoms with Crippen LogP contribution in [0.2, 0.25) is 0 Å². The van der Waals surface area contributed by atoms with Crippen LogP contribution < -0.4 is 0 Å². The molecular weight excluding hydrogens is 379 g/mol. The van der Waals surface area contributed by atoms with Crippen LogP contribution in [0.3, 0.4) is 0 Å². The Hall–Kier alpha value is -1.98. The van der Waals surface area contributed by atoms with Crippen LogP contribution in [0, 0.1) is 10.5 Å². The van der Waals surface area contributed by atoms with Crippen LogP contribution in [0.25, 0.3) is 0 Å². The maximum atomic E-state index is 9.10. The fraction of sp³-hybridized carbons (Fsp3) is 0. The van der Waals surface area contributed by atoms with E-state index in [1.165, 1.54) is 0 Å². The SMILES string of the molecule is N=O.O.O.O.O.O.O=C(O)C(=O)O.O=C(O)C(=O)O.[Nb]. The Bertz CT molecular complexity index is 193. The average molecular weight is 394 g/mol. The largest absolute Gasteiger partial charge is 0.473 e. The Morgan fingerprint density at radius 1 is 0.500 bits per heavy atom. The van der Waals surface area contributed by atoms with Gasteiger partial charge in [-0.25, -0.2) is 19.2 Å². The predicted octanol–water partition coefficient (Wildman–Crippen LogP) is -5.48. The predicted molar refractivity (Wildman–Crippen MR) is 54.7 cm³/mol. The standard InChI is InChI=1S/2C2H2O4.HNO.Nb.5H2O/c2*3-1(4)2(5)6;1-2;;;;;;/h2*(H,3,4)(H,5,6);1H;;5*1H2. The Kier molecular flexibility index (Phi) is 140. The van der Waals surface area contributed by atoms with Gasteiger partial charge in [-0.2, -0.15) is 4.91 Å². The maximum absolute atomic E-state index is 9.10. The van der Waals surface area contributed by atoms with Crippen LogP contribution in [0.15, 0.2) is 0 Å². The van der Waals surface area contributed by atoms with Gasteiger partial charge in [0.1, 0.15) is 0 Å². The van der Waals surface area contributed by atoms with Crippen molar-refractivity contribution in [3.63, 3.8) is 0 Å². The van der Waals surface area contributed by atoms with E-state index in [0.717, 1.165) is 0 Å². The number of aliphatic carboxylic acids is 4. The zero-order chi connectivity index (χ0) is 12.3. The first-order chi connectivity index (χ1) is 6.29. The van der Waals surface area contributed by atoms with E-state index in [-0.39, 0.29) is 49.8 Å². The molecular formula is C4H15NNbO14. The first-order valence-electron chi connectivity index (χ1n) is 2.42. The van der Waals surface area contributed by atoms with E-state index in [0.29, 0.717) is 0 Å². The minimum atomic E-state index is -1.82. The third kappa shape index (κ3) is 99.7. The van der Waals surface area contributed by atoms with Crippen molar-refractivity contribution in [2.24, 2.45) is 0 Å². The number of hydrogen-bond acceptors (Lipinski definition) is 6. The van der Waals surface area contributed by atoms with Crippen molar-refractivity contribution in [2.45, 2.75) is 0 Å². The summed E-state index contributed by atoms with van der Waals surface area (Å²) < 4.78 is 0. The minimum absolute atomic E-state index is 0. The molecule has 0 saturated heterocycles. The maximum Gasteiger partial charge on any atom is 0.414 e. The molecule has 0 atom stereocenters. The van der Waals surface area contributed by atoms with Crippen LogP contribution in [-0.4, -0.2) is 71.7 Å². The number of carbonyl (C=O) groups is 4. The molecule has 0 spiro atoms. The molecule has 0 amide bonds. The van der Waals surface area contributed by atoms with Gasteiger partial charge < -0.3 is 47.8 Å². The minimum Gasteiger partial charge on any atom is -0.473 e. The molecule has 0 bridgehead atoms. The van der Waals surface area contributed by atoms with Crippen LogP contribution in [0.1, 0.15) is 0 Å². The topological polar surface area (TPSA) is 348 Å². The van der Waals surface area contributed by atoms with Crippen molar-refractivity contribution in [2.75, 3.05) is 0 Å². The molecule has 15 N–H and O–H groups in total. The van der Waals surface area contributed by atoms with Gasteiger partial charge in [-0.05, 0) is 0 Å². The monoisotopic (exact) mass is 394 g/mol. The molecule has 0 unspecified atom stereocenters. The molecule has 0 saturated carbocycles. The Morgan fingerprint density at radius 3 is 0.550 bits per heavy atom. The van der Waals surface area contributed by atoms with Gasteiger partial charge in [0.2, 0.25) is 0 Å². The van der Waals surface area contributed by atoms with E-state index >= 15 is 0 Å². The number of carboxylic acid groups (broad SMARTS) is 4. The molecule has 15 nitrogen and oxygen atoms in total. The van der Waals surface area contributed by atoms with E-state index in [2.05, 4.69) is 5.59 Å². The molecule has 0 aromatic rings. The Balaban J connectivity index is -0.0000000121. The number of nitroso groups, excluding NO2 is 1. The van der Waals surface area contributed by atoms with Gasteiger partial charge in [-0.15, -0.1) is 0 Å². The molecule has 16 heteroatoms. The van der Waals surface area contributed by atoms with Gasteiger partial charge in [-0.1, -0.05) is 5.59 Å². The van der Waals surface area contributed by atoms with Gasteiger partial charge in [0.25, 0.3) is 0 Å². The zero-order valence-electron chi connectivity index (χ0n) is 9.28. The van der Waals surface area contributed by atoms with Crippen LogP contribution >= 0.6 is 0 Å². The summed E-state index contributed by atoms with van der Waals surface area (Å²) in [5.41, 5.74) is 4.50. The van der Waals surface area contributed by atoms with Crippen molar-refractivity contribution in [1.29, 1.82) is 5.59 Å². The third-order valence-corrected chi connectivity index (χ3v) is 0.366. The second-order valence-corrected chi connectivity index (χ2v) is 1.22. The van der Waals surface area contributed by atoms with Gasteiger partial charge in [0.05, 0.1) is 0 Å². The summed E-state index contributed by atoms with van der Waals surface area (Å²) in [5.74, 6) is -7.30. The second kappa shape index (κ2) is 43.5. The van der Waals surface area contributed by atoms with Gasteiger partial charge in [0, 0.05) is 22.4 Å².